The van der Waals surface area contributed by atoms with Gasteiger partial charge in [-0.2, -0.15) is 5.21 Å². The largest absolute Gasteiger partial charge is 0.381 e. The maximum atomic E-state index is 13.0. The van der Waals surface area contributed by atoms with E-state index >= 15 is 0 Å². The maximum absolute atomic E-state index is 13.0. The Kier molecular flexibility index (Phi) is 4.51. The molecule has 10 heteroatoms. The molecule has 0 bridgehead atoms. The molecule has 0 saturated heterocycles. The minimum Gasteiger partial charge on any atom is -0.381 e. The third-order valence-corrected chi connectivity index (χ3v) is 6.40. The van der Waals surface area contributed by atoms with Crippen LogP contribution in [-0.2, 0) is 9.84 Å². The molecular formula is C14H11FN4O3S2. The number of hydrogen-bond acceptors (Lipinski definition) is 7. The lowest BCUT2D eigenvalue weighted by Gasteiger charge is -2.04. The first-order chi connectivity index (χ1) is 11.5. The van der Waals surface area contributed by atoms with Crippen molar-refractivity contribution in [2.45, 2.75) is 15.2 Å². The number of nitrogens with one attached hydrogen (secondary N) is 1. The molecular weight excluding hydrogens is 355 g/mol. The van der Waals surface area contributed by atoms with Crippen LogP contribution in [0, 0.1) is 5.82 Å². The van der Waals surface area contributed by atoms with Gasteiger partial charge < -0.3 is 5.11 Å². The lowest BCUT2D eigenvalue weighted by molar-refractivity contribution is 0.219. The highest BCUT2D eigenvalue weighted by molar-refractivity contribution is 7.93. The Labute approximate surface area is 140 Å². The molecule has 0 saturated carbocycles. The summed E-state index contributed by atoms with van der Waals surface area (Å²) in [7, 11) is -3.78. The smallest absolute Gasteiger partial charge is 0.216 e. The summed E-state index contributed by atoms with van der Waals surface area (Å²) >= 11 is 1.04. The molecule has 24 heavy (non-hydrogen) atoms. The topological polar surface area (TPSA) is 109 Å². The predicted molar refractivity (Wildman–Crippen MR) is 84.3 cm³/mol. The lowest BCUT2D eigenvalue weighted by atomic mass is 10.2. The van der Waals surface area contributed by atoms with Crippen LogP contribution in [-0.4, -0.2) is 34.1 Å². The van der Waals surface area contributed by atoms with E-state index in [1.165, 1.54) is 24.3 Å². The molecule has 2 aromatic heterocycles. The predicted octanol–water partition coefficient (Wildman–Crippen LogP) is 1.98. The highest BCUT2D eigenvalue weighted by Crippen LogP contribution is 2.30. The third kappa shape index (κ3) is 3.25. The Morgan fingerprint density at radius 1 is 1.25 bits per heavy atom. The van der Waals surface area contributed by atoms with E-state index < -0.39 is 21.8 Å². The zero-order valence-corrected chi connectivity index (χ0v) is 13.6. The molecule has 0 aliphatic heterocycles. The minimum absolute atomic E-state index is 0.000263. The van der Waals surface area contributed by atoms with Gasteiger partial charge in [0.15, 0.2) is 0 Å². The molecule has 2 N–H and O–H groups in total. The highest BCUT2D eigenvalue weighted by Gasteiger charge is 2.22. The van der Waals surface area contributed by atoms with Crippen LogP contribution in [0.2, 0.25) is 0 Å². The Morgan fingerprint density at radius 2 is 2.00 bits per heavy atom. The number of aliphatic hydroxyl groups excluding tert-OH is 1. The molecule has 1 atom stereocenters. The number of sulfone groups is 1. The molecule has 124 valence electrons. The van der Waals surface area contributed by atoms with Crippen molar-refractivity contribution in [3.05, 3.63) is 59.0 Å². The summed E-state index contributed by atoms with van der Waals surface area (Å²) in [5, 5.41) is 24.4. The number of tetrazole rings is 1. The number of benzene rings is 1. The van der Waals surface area contributed by atoms with E-state index in [0.717, 1.165) is 23.5 Å². The molecule has 0 fully saturated rings. The number of hydrogen-bond donors (Lipinski definition) is 2. The fraction of sp³-hybridized carbons (Fsp3) is 0.0714. The second kappa shape index (κ2) is 6.59. The highest BCUT2D eigenvalue weighted by atomic mass is 32.2. The van der Waals surface area contributed by atoms with Crippen LogP contribution in [0.25, 0.3) is 6.08 Å². The maximum Gasteiger partial charge on any atom is 0.216 e. The summed E-state index contributed by atoms with van der Waals surface area (Å²) in [6, 6.07) is 6.23. The summed E-state index contributed by atoms with van der Waals surface area (Å²) in [5.74, 6) is -0.437. The average Bonchev–Trinajstić information content (AvgIpc) is 3.24. The first kappa shape index (κ1) is 16.4. The number of nitrogens with zero attached hydrogens (tertiary/aromatic N) is 3. The second-order valence-corrected chi connectivity index (χ2v) is 7.76. The van der Waals surface area contributed by atoms with E-state index in [0.29, 0.717) is 5.56 Å². The van der Waals surface area contributed by atoms with Gasteiger partial charge in [-0.05, 0) is 41.8 Å². The molecule has 2 heterocycles. The van der Waals surface area contributed by atoms with Gasteiger partial charge in [0.25, 0.3) is 0 Å². The summed E-state index contributed by atoms with van der Waals surface area (Å²) < 4.78 is 38.4. The van der Waals surface area contributed by atoms with Crippen LogP contribution >= 0.6 is 11.3 Å². The second-order valence-electron chi connectivity index (χ2n) is 4.69. The van der Waals surface area contributed by atoms with Crippen molar-refractivity contribution < 1.29 is 17.9 Å². The molecule has 1 aromatic carbocycles. The molecule has 0 aliphatic rings. The SMILES string of the molecule is O=S(=O)(c1ccc(F)cc1)c1sccc1C=CC(O)c1nn[nH]n1. The van der Waals surface area contributed by atoms with Crippen molar-refractivity contribution in [3.8, 4) is 0 Å². The number of halogens is 1. The van der Waals surface area contributed by atoms with Gasteiger partial charge in [-0.1, -0.05) is 11.3 Å². The van der Waals surface area contributed by atoms with E-state index in [1.807, 2.05) is 0 Å². The van der Waals surface area contributed by atoms with Gasteiger partial charge in [0.05, 0.1) is 4.90 Å². The summed E-state index contributed by atoms with van der Waals surface area (Å²) in [6.07, 6.45) is 1.70. The van der Waals surface area contributed by atoms with Crippen molar-refractivity contribution >= 4 is 27.3 Å². The number of rotatable bonds is 5. The van der Waals surface area contributed by atoms with Gasteiger partial charge in [0.2, 0.25) is 15.7 Å². The van der Waals surface area contributed by atoms with Crippen molar-refractivity contribution in [3.63, 3.8) is 0 Å². The van der Waals surface area contributed by atoms with Crippen molar-refractivity contribution in [2.24, 2.45) is 0 Å². The fourth-order valence-corrected chi connectivity index (χ4v) is 4.67. The third-order valence-electron chi connectivity index (χ3n) is 3.11. The minimum atomic E-state index is -3.78. The van der Waals surface area contributed by atoms with Gasteiger partial charge in [0, 0.05) is 5.56 Å². The molecule has 1 unspecified atom stereocenters. The van der Waals surface area contributed by atoms with Crippen LogP contribution < -0.4 is 0 Å². The zero-order valence-electron chi connectivity index (χ0n) is 12.0. The summed E-state index contributed by atoms with van der Waals surface area (Å²) in [4.78, 5) is -0.000263. The van der Waals surface area contributed by atoms with Crippen molar-refractivity contribution in [1.29, 1.82) is 0 Å². The average molecular weight is 366 g/mol. The number of aromatic nitrogens is 4. The van der Waals surface area contributed by atoms with E-state index in [4.69, 9.17) is 0 Å². The van der Waals surface area contributed by atoms with Gasteiger partial charge in [-0.3, -0.25) is 0 Å². The number of thiophene rings is 1. The number of H-pyrrole nitrogens is 1. The van der Waals surface area contributed by atoms with Gasteiger partial charge in [0.1, 0.15) is 16.1 Å². The standard InChI is InChI=1S/C14H11FN4O3S2/c15-10-2-4-11(5-3-10)24(21,22)14-9(7-8-23-14)1-6-12(20)13-16-18-19-17-13/h1-8,12,20H,(H,16,17,18,19). The summed E-state index contributed by atoms with van der Waals surface area (Å²) in [6.45, 7) is 0. The molecule has 7 nitrogen and oxygen atoms in total. The van der Waals surface area contributed by atoms with Crippen LogP contribution in [0.3, 0.4) is 0 Å². The van der Waals surface area contributed by atoms with Crippen molar-refractivity contribution in [2.75, 3.05) is 0 Å². The lowest BCUT2D eigenvalue weighted by Crippen LogP contribution is -2.01. The molecule has 0 aliphatic carbocycles. The Morgan fingerprint density at radius 3 is 2.67 bits per heavy atom. The van der Waals surface area contributed by atoms with Crippen LogP contribution in [0.1, 0.15) is 17.5 Å². The summed E-state index contributed by atoms with van der Waals surface area (Å²) in [5.41, 5.74) is 0.409. The first-order valence-corrected chi connectivity index (χ1v) is 9.02. The van der Waals surface area contributed by atoms with Gasteiger partial charge in [-0.15, -0.1) is 21.5 Å². The molecule has 0 radical (unpaired) electrons. The van der Waals surface area contributed by atoms with E-state index in [2.05, 4.69) is 20.6 Å². The van der Waals surface area contributed by atoms with Crippen LogP contribution in [0.4, 0.5) is 4.39 Å². The van der Waals surface area contributed by atoms with Crippen molar-refractivity contribution in [1.82, 2.24) is 20.6 Å². The Hall–Kier alpha value is -2.43. The van der Waals surface area contributed by atoms with E-state index in [9.17, 15) is 17.9 Å². The Bertz CT molecular complexity index is 950. The molecule has 0 amide bonds. The molecule has 3 aromatic rings. The number of aromatic amines is 1. The first-order valence-electron chi connectivity index (χ1n) is 6.66. The van der Waals surface area contributed by atoms with E-state index in [1.54, 1.807) is 11.4 Å². The molecule has 0 spiro atoms. The van der Waals surface area contributed by atoms with Crippen LogP contribution in [0.15, 0.2) is 50.9 Å². The van der Waals surface area contributed by atoms with Gasteiger partial charge >= 0.3 is 0 Å². The fourth-order valence-electron chi connectivity index (χ4n) is 1.94. The quantitative estimate of drug-likeness (QED) is 0.668. The van der Waals surface area contributed by atoms with Gasteiger partial charge in [-0.25, -0.2) is 12.8 Å². The van der Waals surface area contributed by atoms with E-state index in [-0.39, 0.29) is 14.9 Å². The Balaban J connectivity index is 1.91. The molecule has 3 rings (SSSR count). The monoisotopic (exact) mass is 366 g/mol. The number of aliphatic hydroxyl groups is 1. The zero-order chi connectivity index (χ0) is 17.2. The van der Waals surface area contributed by atoms with Crippen LogP contribution in [0.5, 0.6) is 0 Å². The normalized spacial score (nSPS) is 13.4.